The van der Waals surface area contributed by atoms with Crippen LogP contribution in [-0.4, -0.2) is 39.3 Å². The molecule has 0 heterocycles. The number of sulfonamides is 1. The molecule has 8 heteroatoms. The molecule has 3 N–H and O–H groups in total. The summed E-state index contributed by atoms with van der Waals surface area (Å²) in [5.74, 6) is -1.77. The SMILES string of the molecule is COc1ccc(C(Cc2ccccc2)CS(=O)(=O)N(c2ccccc2)C(C)(N)O)cc1OC. The molecule has 0 aliphatic rings. The molecule has 2 unspecified atom stereocenters. The maximum absolute atomic E-state index is 13.7. The number of nitrogens with zero attached hydrogens (tertiary/aromatic N) is 1. The van der Waals surface area contributed by atoms with E-state index in [0.717, 1.165) is 15.4 Å². The number of para-hydroxylation sites is 1. The van der Waals surface area contributed by atoms with Gasteiger partial charge in [-0.25, -0.2) is 12.7 Å². The number of hydrogen-bond acceptors (Lipinski definition) is 6. The molecule has 3 aromatic carbocycles. The molecule has 0 aliphatic heterocycles. The standard InChI is InChI=1S/C25H30N2O5S/c1-25(26,28)27(22-12-8-5-9-13-22)33(29,30)18-21(16-19-10-6-4-7-11-19)20-14-15-23(31-2)24(17-20)32-3/h4-15,17,21,28H,16,18,26H2,1-3H3. The highest BCUT2D eigenvalue weighted by Crippen LogP contribution is 2.34. The summed E-state index contributed by atoms with van der Waals surface area (Å²) in [6.07, 6.45) is 0.463. The molecule has 0 amide bonds. The van der Waals surface area contributed by atoms with Gasteiger partial charge in [0.25, 0.3) is 0 Å². The summed E-state index contributed by atoms with van der Waals surface area (Å²) in [4.78, 5) is 0. The van der Waals surface area contributed by atoms with Gasteiger partial charge in [0.05, 0.1) is 25.7 Å². The fourth-order valence-corrected chi connectivity index (χ4v) is 5.85. The fraction of sp³-hybridized carbons (Fsp3) is 0.280. The van der Waals surface area contributed by atoms with Gasteiger partial charge in [-0.15, -0.1) is 0 Å². The van der Waals surface area contributed by atoms with Crippen molar-refractivity contribution in [2.24, 2.45) is 5.73 Å². The minimum Gasteiger partial charge on any atom is -0.493 e. The highest BCUT2D eigenvalue weighted by atomic mass is 32.2. The molecule has 7 nitrogen and oxygen atoms in total. The first-order valence-electron chi connectivity index (χ1n) is 10.5. The molecule has 33 heavy (non-hydrogen) atoms. The Morgan fingerprint density at radius 2 is 1.52 bits per heavy atom. The Morgan fingerprint density at radius 1 is 0.939 bits per heavy atom. The van der Waals surface area contributed by atoms with Crippen LogP contribution in [-0.2, 0) is 16.4 Å². The number of rotatable bonds is 10. The summed E-state index contributed by atoms with van der Waals surface area (Å²) in [7, 11) is -0.968. The Bertz CT molecular complexity index is 1150. The van der Waals surface area contributed by atoms with Gasteiger partial charge in [-0.2, -0.15) is 0 Å². The van der Waals surface area contributed by atoms with Crippen molar-refractivity contribution in [3.63, 3.8) is 0 Å². The van der Waals surface area contributed by atoms with Crippen LogP contribution < -0.4 is 19.5 Å². The van der Waals surface area contributed by atoms with Crippen LogP contribution in [0.5, 0.6) is 11.5 Å². The third-order valence-corrected chi connectivity index (χ3v) is 7.26. The normalized spacial score (nSPS) is 14.2. The zero-order valence-electron chi connectivity index (χ0n) is 19.0. The molecule has 0 aromatic heterocycles. The van der Waals surface area contributed by atoms with E-state index in [2.05, 4.69) is 0 Å². The smallest absolute Gasteiger partial charge is 0.239 e. The minimum absolute atomic E-state index is 0.278. The van der Waals surface area contributed by atoms with E-state index in [0.29, 0.717) is 17.9 Å². The zero-order chi connectivity index (χ0) is 24.1. The zero-order valence-corrected chi connectivity index (χ0v) is 19.8. The summed E-state index contributed by atoms with van der Waals surface area (Å²) >= 11 is 0. The molecule has 0 saturated heterocycles. The van der Waals surface area contributed by atoms with Gasteiger partial charge in [0.1, 0.15) is 0 Å². The van der Waals surface area contributed by atoms with Crippen molar-refractivity contribution in [1.82, 2.24) is 0 Å². The number of ether oxygens (including phenoxy) is 2. The topological polar surface area (TPSA) is 102 Å². The van der Waals surface area contributed by atoms with Gasteiger partial charge >= 0.3 is 0 Å². The largest absolute Gasteiger partial charge is 0.493 e. The Morgan fingerprint density at radius 3 is 2.06 bits per heavy atom. The van der Waals surface area contributed by atoms with Crippen molar-refractivity contribution < 1.29 is 23.0 Å². The number of nitrogens with two attached hydrogens (primary N) is 1. The first-order valence-corrected chi connectivity index (χ1v) is 12.1. The van der Waals surface area contributed by atoms with Crippen molar-refractivity contribution in [2.45, 2.75) is 25.1 Å². The molecule has 0 radical (unpaired) electrons. The Kier molecular flexibility index (Phi) is 7.63. The first-order chi connectivity index (χ1) is 15.7. The molecule has 0 aliphatic carbocycles. The lowest BCUT2D eigenvalue weighted by molar-refractivity contribution is 0.0800. The second kappa shape index (κ2) is 10.2. The highest BCUT2D eigenvalue weighted by molar-refractivity contribution is 7.92. The van der Waals surface area contributed by atoms with Crippen LogP contribution in [0, 0.1) is 0 Å². The molecule has 0 spiro atoms. The van der Waals surface area contributed by atoms with E-state index in [9.17, 15) is 13.5 Å². The van der Waals surface area contributed by atoms with Crippen LogP contribution in [0.15, 0.2) is 78.9 Å². The third-order valence-electron chi connectivity index (χ3n) is 5.30. The average Bonchev–Trinajstić information content (AvgIpc) is 2.78. The monoisotopic (exact) mass is 470 g/mol. The first kappa shape index (κ1) is 24.6. The fourth-order valence-electron chi connectivity index (χ4n) is 3.87. The summed E-state index contributed by atoms with van der Waals surface area (Å²) in [6, 6.07) is 23.4. The number of anilines is 1. The van der Waals surface area contributed by atoms with E-state index in [-0.39, 0.29) is 11.4 Å². The van der Waals surface area contributed by atoms with Gasteiger partial charge in [-0.3, -0.25) is 5.73 Å². The Hall–Kier alpha value is -3.07. The minimum atomic E-state index is -4.05. The molecular formula is C25H30N2O5S. The van der Waals surface area contributed by atoms with E-state index in [4.69, 9.17) is 15.2 Å². The number of methoxy groups -OCH3 is 2. The predicted molar refractivity (Wildman–Crippen MR) is 130 cm³/mol. The van der Waals surface area contributed by atoms with Gasteiger partial charge in [-0.05, 0) is 48.7 Å². The van der Waals surface area contributed by atoms with E-state index < -0.39 is 21.8 Å². The lowest BCUT2D eigenvalue weighted by Crippen LogP contribution is -2.57. The van der Waals surface area contributed by atoms with Crippen molar-refractivity contribution in [1.29, 1.82) is 0 Å². The van der Waals surface area contributed by atoms with E-state index in [1.807, 2.05) is 36.4 Å². The molecule has 0 bridgehead atoms. The lowest BCUT2D eigenvalue weighted by atomic mass is 9.93. The van der Waals surface area contributed by atoms with Crippen LogP contribution in [0.3, 0.4) is 0 Å². The maximum Gasteiger partial charge on any atom is 0.239 e. The second-order valence-corrected chi connectivity index (χ2v) is 9.84. The molecule has 0 fully saturated rings. The summed E-state index contributed by atoms with van der Waals surface area (Å²) in [5.41, 5.74) is 7.95. The number of benzene rings is 3. The van der Waals surface area contributed by atoms with Gasteiger partial charge in [0, 0.05) is 5.92 Å². The van der Waals surface area contributed by atoms with Crippen LogP contribution >= 0.6 is 0 Å². The van der Waals surface area contributed by atoms with E-state index in [1.165, 1.54) is 14.0 Å². The second-order valence-electron chi connectivity index (χ2n) is 7.97. The molecule has 2 atom stereocenters. The molecule has 3 aromatic rings. The average molecular weight is 471 g/mol. The lowest BCUT2D eigenvalue weighted by Gasteiger charge is -2.35. The molecular weight excluding hydrogens is 440 g/mol. The molecule has 176 valence electrons. The predicted octanol–water partition coefficient (Wildman–Crippen LogP) is 3.49. The van der Waals surface area contributed by atoms with Crippen LogP contribution in [0.25, 0.3) is 0 Å². The van der Waals surface area contributed by atoms with Crippen molar-refractivity contribution in [2.75, 3.05) is 24.3 Å². The quantitative estimate of drug-likeness (QED) is 0.440. The van der Waals surface area contributed by atoms with Gasteiger partial charge < -0.3 is 14.6 Å². The van der Waals surface area contributed by atoms with Crippen LogP contribution in [0.2, 0.25) is 0 Å². The molecule has 3 rings (SSSR count). The molecule has 0 saturated carbocycles. The van der Waals surface area contributed by atoms with Crippen molar-refractivity contribution in [3.8, 4) is 11.5 Å². The summed E-state index contributed by atoms with van der Waals surface area (Å²) in [5, 5.41) is 10.6. The van der Waals surface area contributed by atoms with Gasteiger partial charge in [0.2, 0.25) is 15.9 Å². The van der Waals surface area contributed by atoms with Crippen LogP contribution in [0.4, 0.5) is 5.69 Å². The number of hydrogen-bond donors (Lipinski definition) is 2. The van der Waals surface area contributed by atoms with Gasteiger partial charge in [0.15, 0.2) is 11.5 Å². The van der Waals surface area contributed by atoms with Crippen molar-refractivity contribution in [3.05, 3.63) is 90.0 Å². The van der Waals surface area contributed by atoms with Crippen LogP contribution in [0.1, 0.15) is 24.0 Å². The Labute approximate surface area is 195 Å². The third kappa shape index (κ3) is 6.04. The maximum atomic E-state index is 13.7. The number of aliphatic hydroxyl groups is 1. The summed E-state index contributed by atoms with van der Waals surface area (Å²) in [6.45, 7) is 1.25. The van der Waals surface area contributed by atoms with E-state index in [1.54, 1.807) is 49.6 Å². The van der Waals surface area contributed by atoms with E-state index >= 15 is 0 Å². The van der Waals surface area contributed by atoms with Crippen molar-refractivity contribution >= 4 is 15.7 Å². The van der Waals surface area contributed by atoms with Gasteiger partial charge in [-0.1, -0.05) is 54.6 Å². The highest BCUT2D eigenvalue weighted by Gasteiger charge is 2.37. The summed E-state index contributed by atoms with van der Waals surface area (Å²) < 4.78 is 39.0. The Balaban J connectivity index is 2.05.